The summed E-state index contributed by atoms with van der Waals surface area (Å²) < 4.78 is 20.9. The van der Waals surface area contributed by atoms with Gasteiger partial charge in [0.15, 0.2) is 0 Å². The molecule has 1 heterocycles. The van der Waals surface area contributed by atoms with Gasteiger partial charge in [0.1, 0.15) is 18.1 Å². The minimum atomic E-state index is -1.01. The molecule has 0 spiro atoms. The van der Waals surface area contributed by atoms with Gasteiger partial charge < -0.3 is 29.3 Å². The first-order valence-corrected chi connectivity index (χ1v) is 23.3. The number of nitrogens with zero attached hydrogens (tertiary/aromatic N) is 2. The summed E-state index contributed by atoms with van der Waals surface area (Å²) in [6.45, 7) is 5.41. The minimum absolute atomic E-state index is 0.0181. The number of unbranched alkanes of at least 4 members (excludes halogenated alkanes) is 2. The largest absolute Gasteiger partial charge is 0.493 e. The van der Waals surface area contributed by atoms with Gasteiger partial charge in [0.2, 0.25) is 5.79 Å². The Labute approximate surface area is 357 Å². The number of rotatable bonds is 22. The number of benzene rings is 3. The Morgan fingerprint density at radius 2 is 1.75 bits per heavy atom. The van der Waals surface area contributed by atoms with E-state index in [-0.39, 0.29) is 54.4 Å². The molecule has 0 amide bonds. The molecule has 6 atom stereocenters. The highest BCUT2D eigenvalue weighted by atomic mass is 32.2. The Morgan fingerprint density at radius 1 is 0.983 bits per heavy atom. The van der Waals surface area contributed by atoms with Gasteiger partial charge in [-0.1, -0.05) is 61.2 Å². The molecule has 3 aromatic rings. The number of nitro groups is 1. The van der Waals surface area contributed by atoms with Crippen molar-refractivity contribution in [2.24, 2.45) is 22.9 Å². The predicted octanol–water partition coefficient (Wildman–Crippen LogP) is 10.3. The summed E-state index contributed by atoms with van der Waals surface area (Å²) in [5.74, 6) is 1.55. The maximum absolute atomic E-state index is 11.3. The van der Waals surface area contributed by atoms with Gasteiger partial charge >= 0.3 is 0 Å². The maximum Gasteiger partial charge on any atom is 0.269 e. The first kappa shape index (κ1) is 43.3. The van der Waals surface area contributed by atoms with Crippen molar-refractivity contribution >= 4 is 34.9 Å². The van der Waals surface area contributed by atoms with Crippen molar-refractivity contribution in [1.82, 2.24) is 0 Å². The van der Waals surface area contributed by atoms with Crippen molar-refractivity contribution in [3.05, 3.63) is 118 Å². The van der Waals surface area contributed by atoms with Gasteiger partial charge in [-0.15, -0.1) is 30.1 Å². The van der Waals surface area contributed by atoms with Crippen molar-refractivity contribution in [2.75, 3.05) is 32.2 Å². The Bertz CT molecular complexity index is 1900. The molecular weight excluding hydrogens is 785 g/mol. The summed E-state index contributed by atoms with van der Waals surface area (Å²) in [6.07, 6.45) is 14.5. The average molecular weight is 843 g/mol. The van der Waals surface area contributed by atoms with Gasteiger partial charge in [0, 0.05) is 59.1 Å². The normalized spacial score (nSPS) is 25.4. The topological polar surface area (TPSA) is 133 Å². The van der Waals surface area contributed by atoms with E-state index in [2.05, 4.69) is 49.1 Å². The van der Waals surface area contributed by atoms with Crippen LogP contribution in [0.15, 0.2) is 107 Å². The number of nitro benzene ring substituents is 1. The summed E-state index contributed by atoms with van der Waals surface area (Å²) in [6, 6.07) is 23.0. The molecule has 10 nitrogen and oxygen atoms in total. The number of allylic oxidation sites excluding steroid dienone is 1. The monoisotopic (exact) mass is 842 g/mol. The molecule has 3 aromatic carbocycles. The molecule has 2 N–H and O–H groups in total. The van der Waals surface area contributed by atoms with Crippen LogP contribution >= 0.6 is 23.5 Å². The quantitative estimate of drug-likeness (QED) is 0.0331. The molecule has 0 bridgehead atoms. The van der Waals surface area contributed by atoms with Crippen LogP contribution in [0.4, 0.5) is 5.69 Å². The summed E-state index contributed by atoms with van der Waals surface area (Å²) in [7, 11) is 0. The van der Waals surface area contributed by atoms with Crippen LogP contribution in [0.1, 0.15) is 87.7 Å². The minimum Gasteiger partial charge on any atom is -0.493 e. The zero-order chi connectivity index (χ0) is 41.0. The third-order valence-electron chi connectivity index (χ3n) is 12.2. The second-order valence-corrected chi connectivity index (χ2v) is 18.7. The van der Waals surface area contributed by atoms with Crippen molar-refractivity contribution in [3.8, 4) is 11.5 Å². The third kappa shape index (κ3) is 10.4. The first-order valence-electron chi connectivity index (χ1n) is 21.3. The second-order valence-electron chi connectivity index (χ2n) is 16.0. The number of aliphatic hydroxyl groups excluding tert-OH is 2. The van der Waals surface area contributed by atoms with Crippen molar-refractivity contribution in [2.45, 2.75) is 104 Å². The van der Waals surface area contributed by atoms with Crippen molar-refractivity contribution < 1.29 is 34.2 Å². The lowest BCUT2D eigenvalue weighted by Gasteiger charge is -2.58. The number of oxime groups is 1. The van der Waals surface area contributed by atoms with Gasteiger partial charge in [-0.25, -0.2) is 0 Å². The number of thioether (sulfide) groups is 2. The van der Waals surface area contributed by atoms with Crippen LogP contribution in [0.5, 0.6) is 11.5 Å². The highest BCUT2D eigenvalue weighted by Crippen LogP contribution is 2.63. The molecule has 4 aliphatic rings. The standard InChI is InChI=1S/C47H58N2O8S2/c1-2-26-55-47-44(59-38-15-6-7-16-38)31-42(48-56-32-33-18-20-35(21-19-33)49(52)53)40-29-34(12-8-10-24-50)39(17-9-11-25-51)45(46(40)47)41-30-36(22-23-43(41)57-47)54-27-28-58-37-13-4-3-5-14-37/h2-5,13-14,18-23,29-30,34,38-39,44-46,50-51H,1,6-12,15-17,24-28,31-32H2. The predicted molar refractivity (Wildman–Crippen MR) is 235 cm³/mol. The van der Waals surface area contributed by atoms with Crippen LogP contribution < -0.4 is 9.47 Å². The molecule has 7 rings (SSSR count). The molecule has 3 aliphatic carbocycles. The number of non-ortho nitro benzene ring substituents is 1. The van der Waals surface area contributed by atoms with E-state index in [1.807, 2.05) is 30.0 Å². The number of hydrogen-bond donors (Lipinski definition) is 2. The molecule has 2 fully saturated rings. The second kappa shape index (κ2) is 21.1. The van der Waals surface area contributed by atoms with Gasteiger partial charge in [0.25, 0.3) is 5.69 Å². The van der Waals surface area contributed by atoms with Crippen LogP contribution in [-0.4, -0.2) is 69.3 Å². The fraction of sp³-hybridized carbons (Fsp3) is 0.511. The number of aliphatic hydroxyl groups is 2. The molecule has 12 heteroatoms. The SMILES string of the molecule is C=CCOC12Oc3ccc(OCCSc4ccccc4)cc3C3C(CCCCO)C(CCCCO)C=C(C(=NOCc4ccc([N+](=O)[O-])cc4)CC1SC1CCCC1)C32. The molecular formula is C47H58N2O8S2. The first-order chi connectivity index (χ1) is 28.9. The van der Waals surface area contributed by atoms with E-state index in [0.717, 1.165) is 91.0 Å². The smallest absolute Gasteiger partial charge is 0.269 e. The van der Waals surface area contributed by atoms with E-state index in [1.165, 1.54) is 29.9 Å². The zero-order valence-electron chi connectivity index (χ0n) is 33.8. The van der Waals surface area contributed by atoms with E-state index in [0.29, 0.717) is 24.9 Å². The highest BCUT2D eigenvalue weighted by Gasteiger charge is 2.64. The molecule has 0 aromatic heterocycles. The van der Waals surface area contributed by atoms with Gasteiger partial charge in [-0.2, -0.15) is 0 Å². The van der Waals surface area contributed by atoms with Crippen LogP contribution in [0.3, 0.4) is 0 Å². The van der Waals surface area contributed by atoms with Gasteiger partial charge in [-0.05, 0) is 104 Å². The molecule has 316 valence electrons. The van der Waals surface area contributed by atoms with E-state index in [9.17, 15) is 20.3 Å². The fourth-order valence-corrected chi connectivity index (χ4v) is 12.1. The summed E-state index contributed by atoms with van der Waals surface area (Å²) in [5, 5.41) is 36.4. The van der Waals surface area contributed by atoms with E-state index in [4.69, 9.17) is 24.2 Å². The van der Waals surface area contributed by atoms with E-state index < -0.39 is 10.7 Å². The van der Waals surface area contributed by atoms with Crippen LogP contribution in [-0.2, 0) is 16.2 Å². The third-order valence-corrected chi connectivity index (χ3v) is 14.9. The van der Waals surface area contributed by atoms with Crippen LogP contribution in [0.2, 0.25) is 0 Å². The number of ether oxygens (including phenoxy) is 3. The highest BCUT2D eigenvalue weighted by molar-refractivity contribution is 8.00. The fourth-order valence-electron chi connectivity index (χ4n) is 9.52. The van der Waals surface area contributed by atoms with Crippen molar-refractivity contribution in [1.29, 1.82) is 0 Å². The number of fused-ring (bicyclic) bond motifs is 2. The lowest BCUT2D eigenvalue weighted by Crippen LogP contribution is -2.64. The Kier molecular flexibility index (Phi) is 15.5. The lowest BCUT2D eigenvalue weighted by molar-refractivity contribution is -0.384. The van der Waals surface area contributed by atoms with E-state index in [1.54, 1.807) is 23.9 Å². The lowest BCUT2D eigenvalue weighted by atomic mass is 9.56. The molecule has 6 unspecified atom stereocenters. The molecule has 59 heavy (non-hydrogen) atoms. The van der Waals surface area contributed by atoms with Gasteiger partial charge in [-0.3, -0.25) is 10.1 Å². The number of hydrogen-bond acceptors (Lipinski definition) is 11. The zero-order valence-corrected chi connectivity index (χ0v) is 35.5. The average Bonchev–Trinajstić information content (AvgIpc) is 3.77. The van der Waals surface area contributed by atoms with E-state index >= 15 is 0 Å². The van der Waals surface area contributed by atoms with Gasteiger partial charge in [0.05, 0.1) is 35.0 Å². The Balaban J connectivity index is 1.30. The Hall–Kier alpha value is -3.81. The molecule has 2 saturated carbocycles. The summed E-state index contributed by atoms with van der Waals surface area (Å²) in [5.41, 5.74) is 3.89. The van der Waals surface area contributed by atoms with Crippen molar-refractivity contribution in [3.63, 3.8) is 0 Å². The van der Waals surface area contributed by atoms with Crippen LogP contribution in [0, 0.1) is 27.9 Å². The molecule has 1 aliphatic heterocycles. The summed E-state index contributed by atoms with van der Waals surface area (Å²) >= 11 is 3.74. The molecule has 0 saturated heterocycles. The Morgan fingerprint density at radius 3 is 2.47 bits per heavy atom. The molecule has 0 radical (unpaired) electrons. The van der Waals surface area contributed by atoms with Crippen LogP contribution in [0.25, 0.3) is 0 Å². The maximum atomic E-state index is 11.3. The summed E-state index contributed by atoms with van der Waals surface area (Å²) in [4.78, 5) is 18.3.